The van der Waals surface area contributed by atoms with Crippen LogP contribution in [-0.2, 0) is 16.6 Å². The minimum absolute atomic E-state index is 0.00424. The highest BCUT2D eigenvalue weighted by atomic mass is 79.9. The lowest BCUT2D eigenvalue weighted by molar-refractivity contribution is 0.579. The van der Waals surface area contributed by atoms with Crippen molar-refractivity contribution in [3.63, 3.8) is 0 Å². The number of halogens is 2. The number of H-pyrrole nitrogens is 1. The zero-order chi connectivity index (χ0) is 14.0. The van der Waals surface area contributed by atoms with Crippen LogP contribution in [0.4, 0.5) is 5.69 Å². The molecule has 0 atom stereocenters. The SMILES string of the molecule is Nc1cc(Br)cc(Br)c1S(=O)(=O)NCc1ncn[nH]1. The van der Waals surface area contributed by atoms with E-state index >= 15 is 0 Å². The molecule has 1 aromatic carbocycles. The van der Waals surface area contributed by atoms with E-state index in [1.165, 1.54) is 12.4 Å². The third-order valence-electron chi connectivity index (χ3n) is 2.20. The van der Waals surface area contributed by atoms with E-state index in [9.17, 15) is 8.42 Å². The third kappa shape index (κ3) is 3.32. The molecule has 4 N–H and O–H groups in total. The number of anilines is 1. The monoisotopic (exact) mass is 409 g/mol. The van der Waals surface area contributed by atoms with Crippen molar-refractivity contribution in [1.82, 2.24) is 19.9 Å². The van der Waals surface area contributed by atoms with E-state index in [1.54, 1.807) is 6.07 Å². The van der Waals surface area contributed by atoms with Crippen LogP contribution in [0.5, 0.6) is 0 Å². The summed E-state index contributed by atoms with van der Waals surface area (Å²) in [6.07, 6.45) is 1.30. The normalized spacial score (nSPS) is 11.7. The Morgan fingerprint density at radius 3 is 2.68 bits per heavy atom. The van der Waals surface area contributed by atoms with Crippen molar-refractivity contribution in [2.75, 3.05) is 5.73 Å². The first-order chi connectivity index (χ1) is 8.90. The molecule has 0 saturated carbocycles. The molecule has 1 heterocycles. The van der Waals surface area contributed by atoms with Crippen molar-refractivity contribution < 1.29 is 8.42 Å². The second-order valence-corrected chi connectivity index (χ2v) is 7.04. The van der Waals surface area contributed by atoms with Crippen LogP contribution in [0.3, 0.4) is 0 Å². The molecule has 0 spiro atoms. The number of rotatable bonds is 4. The first-order valence-corrected chi connectivity index (χ1v) is 8.05. The number of nitrogens with zero attached hydrogens (tertiary/aromatic N) is 2. The molecule has 0 aliphatic carbocycles. The molecule has 2 aromatic rings. The minimum atomic E-state index is -3.74. The molecule has 0 aliphatic rings. The van der Waals surface area contributed by atoms with Gasteiger partial charge in [-0.2, -0.15) is 5.10 Å². The van der Waals surface area contributed by atoms with Crippen LogP contribution >= 0.6 is 31.9 Å². The fraction of sp³-hybridized carbons (Fsp3) is 0.111. The van der Waals surface area contributed by atoms with Crippen molar-refractivity contribution in [3.8, 4) is 0 Å². The molecule has 7 nitrogen and oxygen atoms in total. The molecule has 0 fully saturated rings. The molecule has 2 rings (SSSR count). The van der Waals surface area contributed by atoms with Crippen LogP contribution in [0.2, 0.25) is 0 Å². The van der Waals surface area contributed by atoms with Crippen molar-refractivity contribution in [3.05, 3.63) is 33.2 Å². The number of hydrogen-bond acceptors (Lipinski definition) is 5. The van der Waals surface area contributed by atoms with Crippen molar-refractivity contribution >= 4 is 47.6 Å². The Hall–Kier alpha value is -0.970. The van der Waals surface area contributed by atoms with Gasteiger partial charge in [-0.3, -0.25) is 5.10 Å². The topological polar surface area (TPSA) is 114 Å². The summed E-state index contributed by atoms with van der Waals surface area (Å²) in [6.45, 7) is 0.00424. The van der Waals surface area contributed by atoms with Crippen LogP contribution in [0.15, 0.2) is 32.3 Å². The maximum absolute atomic E-state index is 12.2. The van der Waals surface area contributed by atoms with E-state index in [1.807, 2.05) is 0 Å². The van der Waals surface area contributed by atoms with Gasteiger partial charge in [-0.1, -0.05) is 15.9 Å². The quantitative estimate of drug-likeness (QED) is 0.659. The molecule has 1 aromatic heterocycles. The van der Waals surface area contributed by atoms with Crippen LogP contribution in [0.1, 0.15) is 5.82 Å². The van der Waals surface area contributed by atoms with E-state index in [0.29, 0.717) is 14.8 Å². The second-order valence-electron chi connectivity index (χ2n) is 3.56. The number of sulfonamides is 1. The molecular weight excluding hydrogens is 402 g/mol. The van der Waals surface area contributed by atoms with Gasteiger partial charge in [-0.25, -0.2) is 18.1 Å². The first kappa shape index (κ1) is 14.4. The van der Waals surface area contributed by atoms with Gasteiger partial charge in [0.05, 0.1) is 12.2 Å². The number of aromatic amines is 1. The van der Waals surface area contributed by atoms with E-state index < -0.39 is 10.0 Å². The first-order valence-electron chi connectivity index (χ1n) is 4.98. The van der Waals surface area contributed by atoms with Crippen LogP contribution in [0.25, 0.3) is 0 Å². The Morgan fingerprint density at radius 1 is 1.37 bits per heavy atom. The number of nitrogens with one attached hydrogen (secondary N) is 2. The number of aromatic nitrogens is 3. The van der Waals surface area contributed by atoms with E-state index in [4.69, 9.17) is 5.73 Å². The van der Waals surface area contributed by atoms with Gasteiger partial charge in [0.25, 0.3) is 0 Å². The van der Waals surface area contributed by atoms with Gasteiger partial charge in [-0.15, -0.1) is 0 Å². The number of benzene rings is 1. The van der Waals surface area contributed by atoms with Gasteiger partial charge < -0.3 is 5.73 Å². The Morgan fingerprint density at radius 2 is 2.11 bits per heavy atom. The standard InChI is InChI=1S/C9H9Br2N5O2S/c10-5-1-6(11)9(7(12)2-5)19(17,18)15-3-8-13-4-14-16-8/h1-2,4,15H,3,12H2,(H,13,14,16). The second kappa shape index (κ2) is 5.57. The minimum Gasteiger partial charge on any atom is -0.398 e. The van der Waals surface area contributed by atoms with Gasteiger partial charge in [0, 0.05) is 8.95 Å². The largest absolute Gasteiger partial charge is 0.398 e. The van der Waals surface area contributed by atoms with E-state index in [2.05, 4.69) is 51.8 Å². The highest BCUT2D eigenvalue weighted by Gasteiger charge is 2.21. The highest BCUT2D eigenvalue weighted by Crippen LogP contribution is 2.31. The molecule has 19 heavy (non-hydrogen) atoms. The average molecular weight is 411 g/mol. The summed E-state index contributed by atoms with van der Waals surface area (Å²) in [5.41, 5.74) is 5.89. The summed E-state index contributed by atoms with van der Waals surface area (Å²) in [7, 11) is -3.74. The third-order valence-corrected chi connectivity index (χ3v) is 5.06. The molecule has 10 heteroatoms. The molecule has 0 aliphatic heterocycles. The predicted molar refractivity (Wildman–Crippen MR) is 76.7 cm³/mol. The van der Waals surface area contributed by atoms with Gasteiger partial charge >= 0.3 is 0 Å². The summed E-state index contributed by atoms with van der Waals surface area (Å²) in [5.74, 6) is 0.412. The van der Waals surface area contributed by atoms with E-state index in [-0.39, 0.29) is 17.1 Å². The fourth-order valence-corrected chi connectivity index (χ4v) is 4.47. The molecule has 0 bridgehead atoms. The molecule has 0 amide bonds. The molecule has 0 saturated heterocycles. The molecular formula is C9H9Br2N5O2S. The number of nitrogen functional groups attached to an aromatic ring is 1. The summed E-state index contributed by atoms with van der Waals surface area (Å²) in [5, 5.41) is 6.19. The lowest BCUT2D eigenvalue weighted by atomic mass is 10.3. The summed E-state index contributed by atoms with van der Waals surface area (Å²) < 4.78 is 27.8. The van der Waals surface area contributed by atoms with Crippen molar-refractivity contribution in [2.45, 2.75) is 11.4 Å². The van der Waals surface area contributed by atoms with Crippen molar-refractivity contribution in [2.24, 2.45) is 0 Å². The molecule has 102 valence electrons. The van der Waals surface area contributed by atoms with Gasteiger partial charge in [0.1, 0.15) is 17.0 Å². The summed E-state index contributed by atoms with van der Waals surface area (Å²) in [6, 6.07) is 3.13. The number of nitrogens with two attached hydrogens (primary N) is 1. The highest BCUT2D eigenvalue weighted by molar-refractivity contribution is 9.11. The smallest absolute Gasteiger partial charge is 0.244 e. The zero-order valence-corrected chi connectivity index (χ0v) is 13.4. The average Bonchev–Trinajstić information content (AvgIpc) is 2.77. The molecule has 0 unspecified atom stereocenters. The van der Waals surface area contributed by atoms with E-state index in [0.717, 1.165) is 0 Å². The van der Waals surface area contributed by atoms with Gasteiger partial charge in [-0.05, 0) is 28.1 Å². The molecule has 0 radical (unpaired) electrons. The predicted octanol–water partition coefficient (Wildman–Crippen LogP) is 1.39. The number of hydrogen-bond donors (Lipinski definition) is 3. The van der Waals surface area contributed by atoms with Crippen LogP contribution in [0, 0.1) is 0 Å². The van der Waals surface area contributed by atoms with Gasteiger partial charge in [0.15, 0.2) is 0 Å². The maximum Gasteiger partial charge on any atom is 0.244 e. The lowest BCUT2D eigenvalue weighted by Gasteiger charge is -2.10. The lowest BCUT2D eigenvalue weighted by Crippen LogP contribution is -2.25. The fourth-order valence-electron chi connectivity index (χ4n) is 1.42. The summed E-state index contributed by atoms with van der Waals surface area (Å²) in [4.78, 5) is 3.82. The Bertz CT molecular complexity index is 664. The Labute approximate surface area is 126 Å². The van der Waals surface area contributed by atoms with Crippen molar-refractivity contribution in [1.29, 1.82) is 0 Å². The van der Waals surface area contributed by atoms with Crippen LogP contribution in [-0.4, -0.2) is 23.6 Å². The van der Waals surface area contributed by atoms with Crippen LogP contribution < -0.4 is 10.5 Å². The maximum atomic E-state index is 12.2. The van der Waals surface area contributed by atoms with Gasteiger partial charge in [0.2, 0.25) is 10.0 Å². The summed E-state index contributed by atoms with van der Waals surface area (Å²) >= 11 is 6.42. The Balaban J connectivity index is 2.29. The Kier molecular flexibility index (Phi) is 4.23. The zero-order valence-electron chi connectivity index (χ0n) is 9.39.